The molecule has 0 saturated carbocycles. The van der Waals surface area contributed by atoms with Crippen molar-refractivity contribution in [3.05, 3.63) is 70.8 Å². The van der Waals surface area contributed by atoms with Crippen LogP contribution < -0.4 is 10.9 Å². The first-order valence-corrected chi connectivity index (χ1v) is 8.44. The molecule has 26 heavy (non-hydrogen) atoms. The molecule has 0 radical (unpaired) electrons. The number of hydrogen-bond donors (Lipinski definition) is 2. The van der Waals surface area contributed by atoms with Gasteiger partial charge in [0, 0.05) is 29.6 Å². The van der Waals surface area contributed by atoms with Gasteiger partial charge in [-0.3, -0.25) is 14.2 Å². The fourth-order valence-electron chi connectivity index (χ4n) is 3.07. The standard InChI is InChI=1S/C20H18N4O2/c1-13-5-4-6-14(11-13)22-17(25)9-10-24-12-21-18-15-7-2-3-8-16(15)23-19(18)20(24)26/h2-8,11-12,23H,9-10H2,1H3,(H,22,25). The van der Waals surface area contributed by atoms with Gasteiger partial charge in [0.25, 0.3) is 5.56 Å². The largest absolute Gasteiger partial charge is 0.349 e. The average Bonchev–Trinajstić information content (AvgIpc) is 3.01. The Morgan fingerprint density at radius 1 is 1.19 bits per heavy atom. The van der Waals surface area contributed by atoms with E-state index in [1.807, 2.05) is 55.5 Å². The van der Waals surface area contributed by atoms with Gasteiger partial charge >= 0.3 is 0 Å². The summed E-state index contributed by atoms with van der Waals surface area (Å²) in [7, 11) is 0. The summed E-state index contributed by atoms with van der Waals surface area (Å²) < 4.78 is 1.47. The number of anilines is 1. The number of amides is 1. The Morgan fingerprint density at radius 3 is 2.88 bits per heavy atom. The first-order chi connectivity index (χ1) is 12.6. The van der Waals surface area contributed by atoms with Crippen LogP contribution in [0.3, 0.4) is 0 Å². The zero-order chi connectivity index (χ0) is 18.1. The van der Waals surface area contributed by atoms with Crippen molar-refractivity contribution >= 4 is 33.5 Å². The summed E-state index contributed by atoms with van der Waals surface area (Å²) >= 11 is 0. The quantitative estimate of drug-likeness (QED) is 0.595. The van der Waals surface area contributed by atoms with Crippen LogP contribution in [-0.2, 0) is 11.3 Å². The van der Waals surface area contributed by atoms with E-state index in [1.165, 1.54) is 10.9 Å². The van der Waals surface area contributed by atoms with Crippen LogP contribution in [0.5, 0.6) is 0 Å². The topological polar surface area (TPSA) is 79.8 Å². The SMILES string of the molecule is Cc1cccc(NC(=O)CCn2cnc3c([nH]c4ccccc43)c2=O)c1. The van der Waals surface area contributed by atoms with Crippen LogP contribution in [-0.4, -0.2) is 20.4 Å². The lowest BCUT2D eigenvalue weighted by Crippen LogP contribution is -2.23. The zero-order valence-corrected chi connectivity index (χ0v) is 14.3. The van der Waals surface area contributed by atoms with Gasteiger partial charge in [0.2, 0.25) is 5.91 Å². The molecule has 2 heterocycles. The summed E-state index contributed by atoms with van der Waals surface area (Å²) in [5.74, 6) is -0.140. The molecule has 0 bridgehead atoms. The number of aryl methyl sites for hydroxylation is 2. The minimum Gasteiger partial charge on any atom is -0.349 e. The molecule has 0 atom stereocenters. The van der Waals surface area contributed by atoms with Crippen LogP contribution in [0.2, 0.25) is 0 Å². The van der Waals surface area contributed by atoms with Crippen molar-refractivity contribution in [3.8, 4) is 0 Å². The van der Waals surface area contributed by atoms with Gasteiger partial charge in [-0.25, -0.2) is 4.98 Å². The molecule has 130 valence electrons. The van der Waals surface area contributed by atoms with E-state index in [0.717, 1.165) is 22.2 Å². The van der Waals surface area contributed by atoms with E-state index >= 15 is 0 Å². The highest BCUT2D eigenvalue weighted by Gasteiger charge is 2.11. The molecule has 0 spiro atoms. The van der Waals surface area contributed by atoms with E-state index in [4.69, 9.17) is 0 Å². The Morgan fingerprint density at radius 2 is 2.04 bits per heavy atom. The van der Waals surface area contributed by atoms with Crippen LogP contribution in [0, 0.1) is 6.92 Å². The smallest absolute Gasteiger partial charge is 0.277 e. The van der Waals surface area contributed by atoms with Crippen LogP contribution in [0.4, 0.5) is 5.69 Å². The number of carbonyl (C=O) groups is 1. The number of rotatable bonds is 4. The molecular weight excluding hydrogens is 328 g/mol. The van der Waals surface area contributed by atoms with Crippen molar-refractivity contribution in [2.45, 2.75) is 19.9 Å². The number of para-hydroxylation sites is 1. The first kappa shape index (κ1) is 16.1. The Bertz CT molecular complexity index is 1170. The molecule has 6 nitrogen and oxygen atoms in total. The third kappa shape index (κ3) is 2.97. The average molecular weight is 346 g/mol. The molecule has 0 unspecified atom stereocenters. The molecule has 0 saturated heterocycles. The van der Waals surface area contributed by atoms with Crippen molar-refractivity contribution in [2.75, 3.05) is 5.32 Å². The van der Waals surface area contributed by atoms with E-state index in [1.54, 1.807) is 0 Å². The summed E-state index contributed by atoms with van der Waals surface area (Å²) in [4.78, 5) is 32.4. The van der Waals surface area contributed by atoms with Crippen LogP contribution in [0.25, 0.3) is 21.9 Å². The predicted octanol–water partition coefficient (Wildman–Crippen LogP) is 3.22. The summed E-state index contributed by atoms with van der Waals surface area (Å²) in [5, 5.41) is 3.77. The van der Waals surface area contributed by atoms with Crippen LogP contribution >= 0.6 is 0 Å². The van der Waals surface area contributed by atoms with Gasteiger partial charge in [-0.2, -0.15) is 0 Å². The molecule has 2 N–H and O–H groups in total. The Balaban J connectivity index is 1.54. The number of fused-ring (bicyclic) bond motifs is 3. The molecule has 0 aliphatic rings. The van der Waals surface area contributed by atoms with E-state index in [0.29, 0.717) is 11.0 Å². The number of aromatic amines is 1. The van der Waals surface area contributed by atoms with Crippen molar-refractivity contribution in [3.63, 3.8) is 0 Å². The highest BCUT2D eigenvalue weighted by atomic mass is 16.2. The van der Waals surface area contributed by atoms with Gasteiger partial charge in [-0.15, -0.1) is 0 Å². The second-order valence-corrected chi connectivity index (χ2v) is 6.30. The normalized spacial score (nSPS) is 11.1. The molecule has 1 amide bonds. The number of hydrogen-bond acceptors (Lipinski definition) is 3. The molecule has 2 aromatic carbocycles. The molecule has 6 heteroatoms. The minimum atomic E-state index is -0.172. The second kappa shape index (κ2) is 6.48. The number of nitrogens with zero attached hydrogens (tertiary/aromatic N) is 2. The lowest BCUT2D eigenvalue weighted by Gasteiger charge is -2.07. The maximum absolute atomic E-state index is 12.7. The summed E-state index contributed by atoms with van der Waals surface area (Å²) in [6, 6.07) is 15.3. The summed E-state index contributed by atoms with van der Waals surface area (Å²) in [5.41, 5.74) is 3.66. The number of H-pyrrole nitrogens is 1. The highest BCUT2D eigenvalue weighted by molar-refractivity contribution is 6.04. The zero-order valence-electron chi connectivity index (χ0n) is 14.3. The number of aromatic nitrogens is 3. The molecular formula is C20H18N4O2. The molecule has 4 rings (SSSR count). The second-order valence-electron chi connectivity index (χ2n) is 6.30. The Hall–Kier alpha value is -3.41. The van der Waals surface area contributed by atoms with Crippen molar-refractivity contribution in [2.24, 2.45) is 0 Å². The molecule has 0 aliphatic heterocycles. The van der Waals surface area contributed by atoms with Gasteiger partial charge in [0.05, 0.1) is 6.33 Å². The van der Waals surface area contributed by atoms with Gasteiger partial charge in [-0.05, 0) is 30.7 Å². The maximum atomic E-state index is 12.7. The van der Waals surface area contributed by atoms with E-state index in [2.05, 4.69) is 15.3 Å². The molecule has 0 fully saturated rings. The van der Waals surface area contributed by atoms with E-state index in [9.17, 15) is 9.59 Å². The van der Waals surface area contributed by atoms with Crippen molar-refractivity contribution in [1.82, 2.24) is 14.5 Å². The lowest BCUT2D eigenvalue weighted by molar-refractivity contribution is -0.116. The van der Waals surface area contributed by atoms with Gasteiger partial charge in [0.15, 0.2) is 0 Å². The fraction of sp³-hybridized carbons (Fsp3) is 0.150. The number of benzene rings is 2. The monoisotopic (exact) mass is 346 g/mol. The summed E-state index contributed by atoms with van der Waals surface area (Å²) in [6.07, 6.45) is 1.70. The van der Waals surface area contributed by atoms with E-state index in [-0.39, 0.29) is 24.4 Å². The predicted molar refractivity (Wildman–Crippen MR) is 102 cm³/mol. The highest BCUT2D eigenvalue weighted by Crippen LogP contribution is 2.20. The molecule has 0 aliphatic carbocycles. The van der Waals surface area contributed by atoms with Crippen LogP contribution in [0.1, 0.15) is 12.0 Å². The number of nitrogens with one attached hydrogen (secondary N) is 2. The first-order valence-electron chi connectivity index (χ1n) is 8.44. The fourth-order valence-corrected chi connectivity index (χ4v) is 3.07. The van der Waals surface area contributed by atoms with Gasteiger partial charge < -0.3 is 10.3 Å². The number of carbonyl (C=O) groups excluding carboxylic acids is 1. The van der Waals surface area contributed by atoms with Crippen molar-refractivity contribution < 1.29 is 4.79 Å². The maximum Gasteiger partial charge on any atom is 0.277 e. The Kier molecular flexibility index (Phi) is 4.01. The van der Waals surface area contributed by atoms with Gasteiger partial charge in [0.1, 0.15) is 11.0 Å². The third-order valence-electron chi connectivity index (χ3n) is 4.36. The van der Waals surface area contributed by atoms with E-state index < -0.39 is 0 Å². The third-order valence-corrected chi connectivity index (χ3v) is 4.36. The Labute approximate surface area is 149 Å². The lowest BCUT2D eigenvalue weighted by atomic mass is 10.2. The molecule has 4 aromatic rings. The molecule has 2 aromatic heterocycles. The minimum absolute atomic E-state index is 0.140. The van der Waals surface area contributed by atoms with Gasteiger partial charge in [-0.1, -0.05) is 30.3 Å². The summed E-state index contributed by atoms with van der Waals surface area (Å²) in [6.45, 7) is 2.24. The van der Waals surface area contributed by atoms with Crippen molar-refractivity contribution in [1.29, 1.82) is 0 Å². The van der Waals surface area contributed by atoms with Crippen LogP contribution in [0.15, 0.2) is 59.7 Å².